The molecule has 0 heterocycles. The number of ether oxygens (including phenoxy) is 1. The Labute approximate surface area is 149 Å². The molecule has 1 aromatic carbocycles. The van der Waals surface area contributed by atoms with Gasteiger partial charge in [-0.25, -0.2) is 0 Å². The van der Waals surface area contributed by atoms with Gasteiger partial charge in [0.25, 0.3) is 0 Å². The molecule has 2 rings (SSSR count). The Bertz CT molecular complexity index is 517. The lowest BCUT2D eigenvalue weighted by atomic mass is 9.71. The predicted octanol–water partition coefficient (Wildman–Crippen LogP) is 3.69. The van der Waals surface area contributed by atoms with Crippen LogP contribution in [-0.2, 0) is 11.3 Å². The first kappa shape index (κ1) is 20.1. The maximum atomic E-state index is 12.2. The summed E-state index contributed by atoms with van der Waals surface area (Å²) in [6.07, 6.45) is 6.26. The van der Waals surface area contributed by atoms with Crippen LogP contribution in [0.5, 0.6) is 5.75 Å². The number of methoxy groups -OCH3 is 1. The van der Waals surface area contributed by atoms with Crippen molar-refractivity contribution in [3.8, 4) is 5.75 Å². The molecule has 0 radical (unpaired) electrons. The van der Waals surface area contributed by atoms with Gasteiger partial charge >= 0.3 is 0 Å². The molecule has 0 aliphatic heterocycles. The van der Waals surface area contributed by atoms with Crippen molar-refractivity contribution in [2.45, 2.75) is 45.1 Å². The van der Waals surface area contributed by atoms with E-state index >= 15 is 0 Å². The Balaban J connectivity index is 0.00000264. The van der Waals surface area contributed by atoms with E-state index in [0.29, 0.717) is 30.3 Å². The number of nitrogens with one attached hydrogen (secondary N) is 1. The normalized spacial score (nSPS) is 16.3. The minimum absolute atomic E-state index is 0. The standard InChI is InChI=1S/C17H25ClN2O2.ClH/c1-22-15-6-5-13(9-14(15)18)11-20-16(21)10-17(12-19)7-3-2-4-8-17;/h5-6,9H,2-4,7-8,10-12,19H2,1H3,(H,20,21);1H. The van der Waals surface area contributed by atoms with Crippen LogP contribution in [0, 0.1) is 5.41 Å². The summed E-state index contributed by atoms with van der Waals surface area (Å²) in [6.45, 7) is 1.07. The first-order valence-corrected chi connectivity index (χ1v) is 8.25. The Hall–Kier alpha value is -0.970. The Morgan fingerprint density at radius 2 is 2.04 bits per heavy atom. The van der Waals surface area contributed by atoms with Gasteiger partial charge in [0.15, 0.2) is 0 Å². The van der Waals surface area contributed by atoms with Crippen LogP contribution in [0.25, 0.3) is 0 Å². The second-order valence-electron chi connectivity index (χ2n) is 6.19. The first-order valence-electron chi connectivity index (χ1n) is 7.88. The van der Waals surface area contributed by atoms with Crippen molar-refractivity contribution in [2.75, 3.05) is 13.7 Å². The topological polar surface area (TPSA) is 64.3 Å². The fourth-order valence-corrected chi connectivity index (χ4v) is 3.46. The molecule has 0 spiro atoms. The van der Waals surface area contributed by atoms with Gasteiger partial charge in [-0.1, -0.05) is 36.9 Å². The molecule has 1 aliphatic rings. The fraction of sp³-hybridized carbons (Fsp3) is 0.588. The number of hydrogen-bond acceptors (Lipinski definition) is 3. The molecular formula is C17H26Cl2N2O2. The number of benzene rings is 1. The van der Waals surface area contributed by atoms with Crippen LogP contribution in [-0.4, -0.2) is 19.6 Å². The van der Waals surface area contributed by atoms with Crippen molar-refractivity contribution in [1.29, 1.82) is 0 Å². The number of carbonyl (C=O) groups excluding carboxylic acids is 1. The second kappa shape index (κ2) is 9.36. The van der Waals surface area contributed by atoms with Gasteiger partial charge in [0.05, 0.1) is 12.1 Å². The molecule has 1 aromatic rings. The highest BCUT2D eigenvalue weighted by molar-refractivity contribution is 6.32. The van der Waals surface area contributed by atoms with Gasteiger partial charge in [-0.2, -0.15) is 0 Å². The third-order valence-corrected chi connectivity index (χ3v) is 4.88. The molecule has 0 saturated heterocycles. The average molecular weight is 361 g/mol. The van der Waals surface area contributed by atoms with E-state index < -0.39 is 0 Å². The maximum Gasteiger partial charge on any atom is 0.220 e. The minimum Gasteiger partial charge on any atom is -0.495 e. The van der Waals surface area contributed by atoms with E-state index in [4.69, 9.17) is 22.1 Å². The van der Waals surface area contributed by atoms with Gasteiger partial charge in [0, 0.05) is 13.0 Å². The smallest absolute Gasteiger partial charge is 0.220 e. The Kier molecular flexibility index (Phi) is 8.17. The molecule has 0 bridgehead atoms. The molecular weight excluding hydrogens is 335 g/mol. The van der Waals surface area contributed by atoms with Crippen molar-refractivity contribution in [3.63, 3.8) is 0 Å². The summed E-state index contributed by atoms with van der Waals surface area (Å²) in [5, 5.41) is 3.53. The molecule has 23 heavy (non-hydrogen) atoms. The van der Waals surface area contributed by atoms with Gasteiger partial charge in [0.1, 0.15) is 5.75 Å². The van der Waals surface area contributed by atoms with Crippen LogP contribution in [0.4, 0.5) is 0 Å². The summed E-state index contributed by atoms with van der Waals surface area (Å²) >= 11 is 6.09. The summed E-state index contributed by atoms with van der Waals surface area (Å²) in [7, 11) is 1.58. The Morgan fingerprint density at radius 1 is 1.35 bits per heavy atom. The van der Waals surface area contributed by atoms with E-state index in [-0.39, 0.29) is 23.7 Å². The van der Waals surface area contributed by atoms with Gasteiger partial charge in [-0.15, -0.1) is 12.4 Å². The summed E-state index contributed by atoms with van der Waals surface area (Å²) in [5.74, 6) is 0.709. The second-order valence-corrected chi connectivity index (χ2v) is 6.59. The third-order valence-electron chi connectivity index (χ3n) is 4.59. The summed E-state index contributed by atoms with van der Waals surface area (Å²) < 4.78 is 5.12. The van der Waals surface area contributed by atoms with Crippen LogP contribution in [0.1, 0.15) is 44.1 Å². The SMILES string of the molecule is COc1ccc(CNC(=O)CC2(CN)CCCCC2)cc1Cl.Cl. The van der Waals surface area contributed by atoms with E-state index in [9.17, 15) is 4.79 Å². The van der Waals surface area contributed by atoms with E-state index in [0.717, 1.165) is 18.4 Å². The maximum absolute atomic E-state index is 12.2. The molecule has 130 valence electrons. The number of hydrogen-bond donors (Lipinski definition) is 2. The van der Waals surface area contributed by atoms with Gasteiger partial charge in [0.2, 0.25) is 5.91 Å². The van der Waals surface area contributed by atoms with E-state index in [2.05, 4.69) is 5.32 Å². The highest BCUT2D eigenvalue weighted by Gasteiger charge is 2.32. The van der Waals surface area contributed by atoms with Crippen LogP contribution in [0.2, 0.25) is 5.02 Å². The van der Waals surface area contributed by atoms with Crippen molar-refractivity contribution >= 4 is 29.9 Å². The monoisotopic (exact) mass is 360 g/mol. The summed E-state index contributed by atoms with van der Waals surface area (Å²) in [4.78, 5) is 12.2. The lowest BCUT2D eigenvalue weighted by Crippen LogP contribution is -2.38. The molecule has 1 amide bonds. The van der Waals surface area contributed by atoms with E-state index in [1.54, 1.807) is 7.11 Å². The highest BCUT2D eigenvalue weighted by atomic mass is 35.5. The average Bonchev–Trinajstić information content (AvgIpc) is 2.54. The van der Waals surface area contributed by atoms with Crippen molar-refractivity contribution < 1.29 is 9.53 Å². The van der Waals surface area contributed by atoms with Crippen LogP contribution < -0.4 is 15.8 Å². The number of rotatable bonds is 6. The fourth-order valence-electron chi connectivity index (χ4n) is 3.18. The third kappa shape index (κ3) is 5.55. The number of nitrogens with two attached hydrogens (primary N) is 1. The van der Waals surface area contributed by atoms with Gasteiger partial charge < -0.3 is 15.8 Å². The van der Waals surface area contributed by atoms with Crippen LogP contribution in [0.15, 0.2) is 18.2 Å². The number of amides is 1. The van der Waals surface area contributed by atoms with Crippen molar-refractivity contribution in [2.24, 2.45) is 11.1 Å². The number of carbonyl (C=O) groups is 1. The molecule has 0 atom stereocenters. The van der Waals surface area contributed by atoms with Crippen molar-refractivity contribution in [1.82, 2.24) is 5.32 Å². The van der Waals surface area contributed by atoms with Gasteiger partial charge in [-0.3, -0.25) is 4.79 Å². The largest absolute Gasteiger partial charge is 0.495 e. The zero-order chi connectivity index (χ0) is 16.0. The van der Waals surface area contributed by atoms with Crippen LogP contribution in [0.3, 0.4) is 0 Å². The lowest BCUT2D eigenvalue weighted by molar-refractivity contribution is -0.124. The quantitative estimate of drug-likeness (QED) is 0.812. The molecule has 4 nitrogen and oxygen atoms in total. The van der Waals surface area contributed by atoms with E-state index in [1.165, 1.54) is 19.3 Å². The molecule has 1 fully saturated rings. The van der Waals surface area contributed by atoms with Crippen molar-refractivity contribution in [3.05, 3.63) is 28.8 Å². The molecule has 1 saturated carbocycles. The number of halogens is 2. The van der Waals surface area contributed by atoms with Gasteiger partial charge in [-0.05, 0) is 42.5 Å². The van der Waals surface area contributed by atoms with E-state index in [1.807, 2.05) is 18.2 Å². The molecule has 0 aromatic heterocycles. The zero-order valence-corrected chi connectivity index (χ0v) is 15.1. The Morgan fingerprint density at radius 3 is 2.61 bits per heavy atom. The molecule has 0 unspecified atom stereocenters. The molecule has 3 N–H and O–H groups in total. The molecule has 1 aliphatic carbocycles. The van der Waals surface area contributed by atoms with Crippen LogP contribution >= 0.6 is 24.0 Å². The minimum atomic E-state index is -0.000113. The molecule has 6 heteroatoms. The predicted molar refractivity (Wildman–Crippen MR) is 96.3 cm³/mol. The summed E-state index contributed by atoms with van der Waals surface area (Å²) in [5.41, 5.74) is 6.90. The lowest BCUT2D eigenvalue weighted by Gasteiger charge is -2.35. The first-order chi connectivity index (χ1) is 10.6. The zero-order valence-electron chi connectivity index (χ0n) is 13.6. The summed E-state index contributed by atoms with van der Waals surface area (Å²) in [6, 6.07) is 5.54. The highest BCUT2D eigenvalue weighted by Crippen LogP contribution is 2.38.